The minimum Gasteiger partial charge on any atom is -0.336 e. The number of carbonyl (C=O) groups excluding carboxylic acids is 1. The van der Waals surface area contributed by atoms with Gasteiger partial charge < -0.3 is 10.6 Å². The molecule has 0 bridgehead atoms. The molecule has 0 fully saturated rings. The van der Waals surface area contributed by atoms with Gasteiger partial charge >= 0.3 is 6.03 Å². The van der Waals surface area contributed by atoms with E-state index in [1.54, 1.807) is 0 Å². The predicted octanol–water partition coefficient (Wildman–Crippen LogP) is 1.44. The molecule has 1 aromatic carbocycles. The van der Waals surface area contributed by atoms with E-state index in [0.29, 0.717) is 0 Å². The summed E-state index contributed by atoms with van der Waals surface area (Å²) in [4.78, 5) is 11.4. The van der Waals surface area contributed by atoms with Crippen LogP contribution >= 0.6 is 0 Å². The van der Waals surface area contributed by atoms with Crippen molar-refractivity contribution in [2.75, 3.05) is 12.4 Å². The normalized spacial score (nSPS) is 10.4. The van der Waals surface area contributed by atoms with E-state index in [1.807, 2.05) is 45.2 Å². The van der Waals surface area contributed by atoms with Gasteiger partial charge in [0.1, 0.15) is 0 Å². The molecule has 0 saturated heterocycles. The van der Waals surface area contributed by atoms with Crippen molar-refractivity contribution < 1.29 is 4.79 Å². The van der Waals surface area contributed by atoms with Crippen molar-refractivity contribution in [3.8, 4) is 0 Å². The molecule has 0 saturated carbocycles. The molecule has 1 aromatic rings. The van der Waals surface area contributed by atoms with Crippen LogP contribution < -0.4 is 21.5 Å². The molecule has 0 spiro atoms. The zero-order valence-corrected chi connectivity index (χ0v) is 10.5. The summed E-state index contributed by atoms with van der Waals surface area (Å²) in [7, 11) is 1.83. The smallest absolute Gasteiger partial charge is 0.319 e. The average molecular weight is 236 g/mol. The number of anilines is 1. The van der Waals surface area contributed by atoms with Gasteiger partial charge in [0.15, 0.2) is 0 Å². The Morgan fingerprint density at radius 3 is 2.41 bits per heavy atom. The minimum absolute atomic E-state index is 0.133. The van der Waals surface area contributed by atoms with Gasteiger partial charge in [-0.1, -0.05) is 12.1 Å². The van der Waals surface area contributed by atoms with Crippen molar-refractivity contribution in [1.29, 1.82) is 0 Å². The van der Waals surface area contributed by atoms with Gasteiger partial charge in [-0.3, -0.25) is 10.9 Å². The molecule has 0 unspecified atom stereocenters. The highest BCUT2D eigenvalue weighted by Gasteiger charge is 2.02. The molecule has 1 rings (SSSR count). The van der Waals surface area contributed by atoms with E-state index < -0.39 is 0 Å². The first-order valence-corrected chi connectivity index (χ1v) is 5.68. The van der Waals surface area contributed by atoms with E-state index in [0.717, 1.165) is 17.8 Å². The number of hydrazine groups is 1. The van der Waals surface area contributed by atoms with Crippen LogP contribution in [0.25, 0.3) is 0 Å². The molecule has 17 heavy (non-hydrogen) atoms. The van der Waals surface area contributed by atoms with Crippen molar-refractivity contribution in [2.24, 2.45) is 0 Å². The van der Waals surface area contributed by atoms with Crippen LogP contribution in [0.3, 0.4) is 0 Å². The van der Waals surface area contributed by atoms with Crippen molar-refractivity contribution in [3.63, 3.8) is 0 Å². The number of benzene rings is 1. The Kier molecular flexibility index (Phi) is 5.45. The van der Waals surface area contributed by atoms with Crippen LogP contribution in [0.4, 0.5) is 10.5 Å². The van der Waals surface area contributed by atoms with Crippen LogP contribution in [0.5, 0.6) is 0 Å². The highest BCUT2D eigenvalue weighted by molar-refractivity contribution is 5.89. The van der Waals surface area contributed by atoms with Gasteiger partial charge in [-0.25, -0.2) is 4.79 Å². The molecule has 0 aliphatic heterocycles. The SMILES string of the molecule is CNNCc1ccc(NC(=O)NC(C)C)cc1. The number of amides is 2. The molecule has 4 N–H and O–H groups in total. The summed E-state index contributed by atoms with van der Waals surface area (Å²) in [5.41, 5.74) is 7.79. The number of hydrogen-bond acceptors (Lipinski definition) is 3. The van der Waals surface area contributed by atoms with Gasteiger partial charge in [0.25, 0.3) is 0 Å². The Morgan fingerprint density at radius 1 is 1.24 bits per heavy atom. The lowest BCUT2D eigenvalue weighted by molar-refractivity contribution is 0.250. The van der Waals surface area contributed by atoms with E-state index in [1.165, 1.54) is 0 Å². The zero-order chi connectivity index (χ0) is 12.7. The van der Waals surface area contributed by atoms with Crippen LogP contribution in [0.2, 0.25) is 0 Å². The Hall–Kier alpha value is -1.59. The second-order valence-corrected chi connectivity index (χ2v) is 4.05. The monoisotopic (exact) mass is 236 g/mol. The molecule has 0 aliphatic rings. The molecule has 0 atom stereocenters. The molecule has 0 heterocycles. The third kappa shape index (κ3) is 5.33. The second kappa shape index (κ2) is 6.88. The van der Waals surface area contributed by atoms with Crippen molar-refractivity contribution in [3.05, 3.63) is 29.8 Å². The van der Waals surface area contributed by atoms with Crippen LogP contribution in [-0.4, -0.2) is 19.1 Å². The fraction of sp³-hybridized carbons (Fsp3) is 0.417. The highest BCUT2D eigenvalue weighted by atomic mass is 16.2. The van der Waals surface area contributed by atoms with Crippen LogP contribution in [0.15, 0.2) is 24.3 Å². The quantitative estimate of drug-likeness (QED) is 0.585. The predicted molar refractivity (Wildman–Crippen MR) is 69.6 cm³/mol. The summed E-state index contributed by atoms with van der Waals surface area (Å²) in [6.07, 6.45) is 0. The van der Waals surface area contributed by atoms with Crippen LogP contribution in [0, 0.1) is 0 Å². The Bertz CT molecular complexity index is 348. The van der Waals surface area contributed by atoms with Crippen molar-refractivity contribution >= 4 is 11.7 Å². The van der Waals surface area contributed by atoms with Gasteiger partial charge in [-0.15, -0.1) is 0 Å². The summed E-state index contributed by atoms with van der Waals surface area (Å²) in [6, 6.07) is 7.65. The summed E-state index contributed by atoms with van der Waals surface area (Å²) >= 11 is 0. The molecule has 5 heteroatoms. The fourth-order valence-corrected chi connectivity index (χ4v) is 1.33. The lowest BCUT2D eigenvalue weighted by atomic mass is 10.2. The lowest BCUT2D eigenvalue weighted by Gasteiger charge is -2.10. The maximum absolute atomic E-state index is 11.4. The molecule has 0 radical (unpaired) electrons. The second-order valence-electron chi connectivity index (χ2n) is 4.05. The summed E-state index contributed by atoms with van der Waals surface area (Å²) in [5, 5.41) is 5.54. The first-order valence-electron chi connectivity index (χ1n) is 5.68. The standard InChI is InChI=1S/C12H20N4O/c1-9(2)15-12(17)16-11-6-4-10(5-7-11)8-14-13-3/h4-7,9,13-14H,8H2,1-3H3,(H2,15,16,17). The van der Waals surface area contributed by atoms with E-state index in [2.05, 4.69) is 21.5 Å². The molecule has 5 nitrogen and oxygen atoms in total. The number of nitrogens with one attached hydrogen (secondary N) is 4. The number of urea groups is 1. The van der Waals surface area contributed by atoms with Gasteiger partial charge in [0.2, 0.25) is 0 Å². The first-order chi connectivity index (χ1) is 8.11. The summed E-state index contributed by atoms with van der Waals surface area (Å²) in [5.74, 6) is 0. The van der Waals surface area contributed by atoms with Gasteiger partial charge in [-0.2, -0.15) is 0 Å². The molecular formula is C12H20N4O. The molecular weight excluding hydrogens is 216 g/mol. The Balaban J connectivity index is 2.47. The molecule has 94 valence electrons. The number of hydrogen-bond donors (Lipinski definition) is 4. The van der Waals surface area contributed by atoms with E-state index in [4.69, 9.17) is 0 Å². The number of carbonyl (C=O) groups is 1. The number of rotatable bonds is 5. The van der Waals surface area contributed by atoms with E-state index in [-0.39, 0.29) is 12.1 Å². The van der Waals surface area contributed by atoms with E-state index >= 15 is 0 Å². The van der Waals surface area contributed by atoms with Gasteiger partial charge in [0, 0.05) is 18.3 Å². The lowest BCUT2D eigenvalue weighted by Crippen LogP contribution is -2.34. The summed E-state index contributed by atoms with van der Waals surface area (Å²) in [6.45, 7) is 4.59. The maximum Gasteiger partial charge on any atom is 0.319 e. The zero-order valence-electron chi connectivity index (χ0n) is 10.5. The van der Waals surface area contributed by atoms with Gasteiger partial charge in [-0.05, 0) is 38.6 Å². The molecule has 0 aliphatic carbocycles. The van der Waals surface area contributed by atoms with Crippen molar-refractivity contribution in [1.82, 2.24) is 16.2 Å². The van der Waals surface area contributed by atoms with Gasteiger partial charge in [0.05, 0.1) is 0 Å². The third-order valence-electron chi connectivity index (χ3n) is 2.10. The van der Waals surface area contributed by atoms with E-state index in [9.17, 15) is 4.79 Å². The minimum atomic E-state index is -0.180. The average Bonchev–Trinajstić information content (AvgIpc) is 2.27. The molecule has 2 amide bonds. The molecule has 0 aromatic heterocycles. The van der Waals surface area contributed by atoms with Crippen LogP contribution in [0.1, 0.15) is 19.4 Å². The highest BCUT2D eigenvalue weighted by Crippen LogP contribution is 2.09. The van der Waals surface area contributed by atoms with Crippen LogP contribution in [-0.2, 0) is 6.54 Å². The largest absolute Gasteiger partial charge is 0.336 e. The van der Waals surface area contributed by atoms with Crippen molar-refractivity contribution in [2.45, 2.75) is 26.4 Å². The Labute approximate surface area is 102 Å². The fourth-order valence-electron chi connectivity index (χ4n) is 1.33. The Morgan fingerprint density at radius 2 is 1.88 bits per heavy atom. The first kappa shape index (κ1) is 13.5. The summed E-state index contributed by atoms with van der Waals surface area (Å²) < 4.78 is 0. The topological polar surface area (TPSA) is 65.2 Å². The third-order valence-corrected chi connectivity index (χ3v) is 2.10. The maximum atomic E-state index is 11.4.